The van der Waals surface area contributed by atoms with E-state index in [1.54, 1.807) is 6.07 Å². The Morgan fingerprint density at radius 1 is 1.13 bits per heavy atom. The van der Waals surface area contributed by atoms with Gasteiger partial charge in [-0.2, -0.15) is 0 Å². The van der Waals surface area contributed by atoms with E-state index < -0.39 is 0 Å². The van der Waals surface area contributed by atoms with Crippen LogP contribution in [0.5, 0.6) is 11.5 Å². The van der Waals surface area contributed by atoms with E-state index in [-0.39, 0.29) is 17.6 Å². The Bertz CT molecular complexity index is 1050. The van der Waals surface area contributed by atoms with Gasteiger partial charge < -0.3 is 24.2 Å². The number of fused-ring (bicyclic) bond motifs is 1. The fourth-order valence-electron chi connectivity index (χ4n) is 3.31. The molecule has 1 N–H and O–H groups in total. The topological polar surface area (TPSA) is 76.8 Å². The van der Waals surface area contributed by atoms with Crippen LogP contribution in [0.25, 0.3) is 11.3 Å². The lowest BCUT2D eigenvalue weighted by Gasteiger charge is -2.25. The zero-order valence-corrected chi connectivity index (χ0v) is 17.5. The highest BCUT2D eigenvalue weighted by molar-refractivity contribution is 6.31. The quantitative estimate of drug-likeness (QED) is 0.644. The Hall–Kier alpha value is -3.03. The zero-order valence-electron chi connectivity index (χ0n) is 16.7. The molecular weight excluding hydrogens is 406 g/mol. The van der Waals surface area contributed by atoms with Gasteiger partial charge in [-0.3, -0.25) is 4.79 Å². The number of ether oxygens (including phenoxy) is 2. The van der Waals surface area contributed by atoms with E-state index in [1.807, 2.05) is 61.5 Å². The Kier molecular flexibility index (Phi) is 5.92. The highest BCUT2D eigenvalue weighted by Gasteiger charge is 2.21. The van der Waals surface area contributed by atoms with Gasteiger partial charge in [0.25, 0.3) is 5.91 Å². The van der Waals surface area contributed by atoms with E-state index in [0.29, 0.717) is 42.0 Å². The van der Waals surface area contributed by atoms with Gasteiger partial charge >= 0.3 is 0 Å². The first kappa shape index (κ1) is 20.3. The fraction of sp³-hybridized carbons (Fsp3) is 0.273. The molecular formula is C22H22ClN3O4. The highest BCUT2D eigenvalue weighted by Crippen LogP contribution is 2.34. The SMILES string of the molecule is CN(C)[C@@H](CNC(=O)c1cc(-c2ccc3c(c2)OCCO3)on1)c1ccccc1Cl. The number of hydrogen-bond acceptors (Lipinski definition) is 6. The van der Waals surface area contributed by atoms with E-state index in [0.717, 1.165) is 11.1 Å². The second-order valence-electron chi connectivity index (χ2n) is 7.15. The normalized spacial score (nSPS) is 13.9. The average molecular weight is 428 g/mol. The van der Waals surface area contributed by atoms with Crippen LogP contribution in [0.15, 0.2) is 53.1 Å². The Labute approximate surface area is 179 Å². The number of nitrogens with one attached hydrogen (secondary N) is 1. The molecule has 0 spiro atoms. The summed E-state index contributed by atoms with van der Waals surface area (Å²) < 4.78 is 16.5. The van der Waals surface area contributed by atoms with Gasteiger partial charge in [-0.25, -0.2) is 0 Å². The van der Waals surface area contributed by atoms with E-state index in [4.69, 9.17) is 25.6 Å². The third-order valence-electron chi connectivity index (χ3n) is 4.91. The third kappa shape index (κ3) is 4.27. The van der Waals surface area contributed by atoms with Crippen LogP contribution in [0.4, 0.5) is 0 Å². The number of carbonyl (C=O) groups is 1. The summed E-state index contributed by atoms with van der Waals surface area (Å²) >= 11 is 6.33. The molecule has 2 aromatic carbocycles. The average Bonchev–Trinajstić information content (AvgIpc) is 3.25. The second-order valence-corrected chi connectivity index (χ2v) is 7.55. The van der Waals surface area contributed by atoms with Crippen LogP contribution in [-0.4, -0.2) is 49.8 Å². The number of aromatic nitrogens is 1. The number of hydrogen-bond donors (Lipinski definition) is 1. The maximum Gasteiger partial charge on any atom is 0.273 e. The molecule has 0 saturated heterocycles. The van der Waals surface area contributed by atoms with Crippen LogP contribution in [0.1, 0.15) is 22.1 Å². The monoisotopic (exact) mass is 427 g/mol. The van der Waals surface area contributed by atoms with Crippen molar-refractivity contribution < 1.29 is 18.8 Å². The lowest BCUT2D eigenvalue weighted by molar-refractivity contribution is 0.0933. The summed E-state index contributed by atoms with van der Waals surface area (Å²) in [5, 5.41) is 7.49. The summed E-state index contributed by atoms with van der Waals surface area (Å²) in [4.78, 5) is 14.6. The number of halogens is 1. The molecule has 0 fully saturated rings. The maximum absolute atomic E-state index is 12.6. The molecule has 1 atom stereocenters. The van der Waals surface area contributed by atoms with Crippen LogP contribution in [0, 0.1) is 0 Å². The van der Waals surface area contributed by atoms with Gasteiger partial charge in [-0.15, -0.1) is 0 Å². The molecule has 0 radical (unpaired) electrons. The number of likely N-dealkylation sites (N-methyl/N-ethyl adjacent to an activating group) is 1. The molecule has 8 heteroatoms. The highest BCUT2D eigenvalue weighted by atomic mass is 35.5. The van der Waals surface area contributed by atoms with Crippen molar-refractivity contribution in [2.24, 2.45) is 0 Å². The Morgan fingerprint density at radius 2 is 1.90 bits per heavy atom. The molecule has 4 rings (SSSR count). The number of carbonyl (C=O) groups excluding carboxylic acids is 1. The van der Waals surface area contributed by atoms with Gasteiger partial charge in [0.15, 0.2) is 23.0 Å². The van der Waals surface area contributed by atoms with E-state index >= 15 is 0 Å². The smallest absolute Gasteiger partial charge is 0.273 e. The minimum Gasteiger partial charge on any atom is -0.486 e. The van der Waals surface area contributed by atoms with Gasteiger partial charge in [0, 0.05) is 23.2 Å². The Morgan fingerprint density at radius 3 is 2.67 bits per heavy atom. The summed E-state index contributed by atoms with van der Waals surface area (Å²) in [6.45, 7) is 1.40. The van der Waals surface area contributed by atoms with Crippen molar-refractivity contribution >= 4 is 17.5 Å². The van der Waals surface area contributed by atoms with Crippen molar-refractivity contribution in [1.29, 1.82) is 0 Å². The predicted octanol–water partition coefficient (Wildman–Crippen LogP) is 3.80. The largest absolute Gasteiger partial charge is 0.486 e. The van der Waals surface area contributed by atoms with Crippen LogP contribution in [-0.2, 0) is 0 Å². The van der Waals surface area contributed by atoms with Crippen LogP contribution < -0.4 is 14.8 Å². The summed E-state index contributed by atoms with van der Waals surface area (Å²) in [5.74, 6) is 1.50. The molecule has 0 saturated carbocycles. The second kappa shape index (κ2) is 8.77. The van der Waals surface area contributed by atoms with Crippen molar-refractivity contribution in [2.75, 3.05) is 33.9 Å². The minimum absolute atomic E-state index is 0.0770. The number of amides is 1. The number of nitrogens with zero attached hydrogens (tertiary/aromatic N) is 2. The third-order valence-corrected chi connectivity index (χ3v) is 5.26. The van der Waals surface area contributed by atoms with Gasteiger partial charge in [0.2, 0.25) is 0 Å². The molecule has 156 valence electrons. The van der Waals surface area contributed by atoms with Crippen molar-refractivity contribution in [1.82, 2.24) is 15.4 Å². The minimum atomic E-state index is -0.318. The molecule has 1 aliphatic heterocycles. The van der Waals surface area contributed by atoms with Crippen molar-refractivity contribution in [3.05, 3.63) is 64.8 Å². The molecule has 7 nitrogen and oxygen atoms in total. The number of benzene rings is 2. The predicted molar refractivity (Wildman–Crippen MR) is 113 cm³/mol. The standard InChI is InChI=1S/C22H22ClN3O4/c1-26(2)18(15-5-3-4-6-16(15)23)13-24-22(27)17-12-20(30-25-17)14-7-8-19-21(11-14)29-10-9-28-19/h3-8,11-12,18H,9-10,13H2,1-2H3,(H,24,27)/t18-/m0/s1. The first-order valence-corrected chi connectivity index (χ1v) is 9.96. The molecule has 30 heavy (non-hydrogen) atoms. The lowest BCUT2D eigenvalue weighted by atomic mass is 10.1. The van der Waals surface area contributed by atoms with Gasteiger partial charge in [-0.05, 0) is 43.9 Å². The van der Waals surface area contributed by atoms with Crippen molar-refractivity contribution in [3.8, 4) is 22.8 Å². The van der Waals surface area contributed by atoms with Gasteiger partial charge in [0.1, 0.15) is 13.2 Å². The molecule has 1 aliphatic rings. The molecule has 1 amide bonds. The van der Waals surface area contributed by atoms with Crippen LogP contribution in [0.2, 0.25) is 5.02 Å². The zero-order chi connectivity index (χ0) is 21.1. The molecule has 1 aromatic heterocycles. The van der Waals surface area contributed by atoms with Crippen molar-refractivity contribution in [3.63, 3.8) is 0 Å². The molecule has 0 unspecified atom stereocenters. The maximum atomic E-state index is 12.6. The summed E-state index contributed by atoms with van der Waals surface area (Å²) in [6, 6.07) is 14.6. The van der Waals surface area contributed by atoms with E-state index in [2.05, 4.69) is 10.5 Å². The Balaban J connectivity index is 1.46. The fourth-order valence-corrected chi connectivity index (χ4v) is 3.57. The molecule has 0 aliphatic carbocycles. The first-order chi connectivity index (χ1) is 14.5. The molecule has 0 bridgehead atoms. The van der Waals surface area contributed by atoms with E-state index in [9.17, 15) is 4.79 Å². The first-order valence-electron chi connectivity index (χ1n) is 9.58. The summed E-state index contributed by atoms with van der Waals surface area (Å²) in [5.41, 5.74) is 1.91. The van der Waals surface area contributed by atoms with Crippen molar-refractivity contribution in [2.45, 2.75) is 6.04 Å². The molecule has 3 aromatic rings. The summed E-state index contributed by atoms with van der Waals surface area (Å²) in [6.07, 6.45) is 0. The van der Waals surface area contributed by atoms with Gasteiger partial charge in [0.05, 0.1) is 6.04 Å². The van der Waals surface area contributed by atoms with Gasteiger partial charge in [-0.1, -0.05) is 35.0 Å². The summed E-state index contributed by atoms with van der Waals surface area (Å²) in [7, 11) is 3.88. The molecule has 2 heterocycles. The number of rotatable bonds is 6. The van der Waals surface area contributed by atoms with E-state index in [1.165, 1.54) is 0 Å². The van der Waals surface area contributed by atoms with Crippen LogP contribution >= 0.6 is 11.6 Å². The lowest BCUT2D eigenvalue weighted by Crippen LogP contribution is -2.34. The van der Waals surface area contributed by atoms with Crippen LogP contribution in [0.3, 0.4) is 0 Å².